The number of hydrogen-bond acceptors (Lipinski definition) is 5. The smallest absolute Gasteiger partial charge is 0.264 e. The fourth-order valence-electron chi connectivity index (χ4n) is 3.92. The second-order valence-corrected chi connectivity index (χ2v) is 8.55. The second-order valence-electron chi connectivity index (χ2n) is 8.11. The zero-order valence-corrected chi connectivity index (χ0v) is 20.2. The molecule has 0 radical (unpaired) electrons. The molecule has 4 rings (SSSR count). The Kier molecular flexibility index (Phi) is 7.92. The molecule has 0 saturated carbocycles. The Labute approximate surface area is 210 Å². The number of para-hydroxylation sites is 1. The van der Waals surface area contributed by atoms with Crippen LogP contribution in [0.15, 0.2) is 78.4 Å². The molecular formula is C28H26ClN3O3. The molecule has 1 amide bonds. The topological polar surface area (TPSA) is 65.8 Å². The van der Waals surface area contributed by atoms with Crippen molar-refractivity contribution >= 4 is 29.3 Å². The lowest BCUT2D eigenvalue weighted by molar-refractivity contribution is -0.126. The highest BCUT2D eigenvalue weighted by molar-refractivity contribution is 6.30. The first-order valence-electron chi connectivity index (χ1n) is 11.3. The Morgan fingerprint density at radius 2 is 1.71 bits per heavy atom. The van der Waals surface area contributed by atoms with Gasteiger partial charge < -0.3 is 19.3 Å². The van der Waals surface area contributed by atoms with E-state index in [0.717, 1.165) is 24.3 Å². The molecule has 3 aromatic carbocycles. The van der Waals surface area contributed by atoms with E-state index in [1.807, 2.05) is 42.5 Å². The second kappa shape index (κ2) is 11.5. The van der Waals surface area contributed by atoms with E-state index >= 15 is 0 Å². The number of anilines is 1. The van der Waals surface area contributed by atoms with Crippen molar-refractivity contribution in [3.05, 3.63) is 94.5 Å². The summed E-state index contributed by atoms with van der Waals surface area (Å²) in [7, 11) is 1.56. The highest BCUT2D eigenvalue weighted by atomic mass is 35.5. The number of hydrogen-bond donors (Lipinski definition) is 0. The van der Waals surface area contributed by atoms with Crippen molar-refractivity contribution in [2.75, 3.05) is 38.2 Å². The molecule has 35 heavy (non-hydrogen) atoms. The van der Waals surface area contributed by atoms with E-state index in [1.54, 1.807) is 36.3 Å². The first-order chi connectivity index (χ1) is 17.1. The van der Waals surface area contributed by atoms with E-state index in [1.165, 1.54) is 0 Å². The molecule has 0 spiro atoms. The van der Waals surface area contributed by atoms with Gasteiger partial charge in [-0.2, -0.15) is 5.26 Å². The van der Waals surface area contributed by atoms with Crippen LogP contribution in [0.4, 0.5) is 5.69 Å². The summed E-state index contributed by atoms with van der Waals surface area (Å²) in [5.74, 6) is 0.831. The Morgan fingerprint density at radius 3 is 2.37 bits per heavy atom. The fourth-order valence-corrected chi connectivity index (χ4v) is 4.05. The molecule has 0 N–H and O–H groups in total. The van der Waals surface area contributed by atoms with Gasteiger partial charge in [0.25, 0.3) is 5.91 Å². The van der Waals surface area contributed by atoms with Crippen molar-refractivity contribution in [2.45, 2.75) is 6.61 Å². The fraction of sp³-hybridized carbons (Fsp3) is 0.214. The lowest BCUT2D eigenvalue weighted by Crippen LogP contribution is -2.49. The van der Waals surface area contributed by atoms with Gasteiger partial charge in [0, 0.05) is 36.9 Å². The molecule has 6 nitrogen and oxygen atoms in total. The number of halogens is 1. The van der Waals surface area contributed by atoms with Crippen LogP contribution in [0.3, 0.4) is 0 Å². The lowest BCUT2D eigenvalue weighted by atomic mass is 10.1. The predicted molar refractivity (Wildman–Crippen MR) is 138 cm³/mol. The highest BCUT2D eigenvalue weighted by Gasteiger charge is 2.24. The van der Waals surface area contributed by atoms with Crippen LogP contribution < -0.4 is 14.4 Å². The third kappa shape index (κ3) is 6.14. The van der Waals surface area contributed by atoms with Crippen LogP contribution in [0.1, 0.15) is 11.1 Å². The third-order valence-corrected chi connectivity index (χ3v) is 6.10. The molecule has 1 aliphatic rings. The van der Waals surface area contributed by atoms with Gasteiger partial charge in [-0.1, -0.05) is 48.0 Å². The zero-order chi connectivity index (χ0) is 24.6. The lowest BCUT2D eigenvalue weighted by Gasteiger charge is -2.36. The van der Waals surface area contributed by atoms with Crippen molar-refractivity contribution in [2.24, 2.45) is 0 Å². The standard InChI is InChI=1S/C28H26ClN3O3/c1-34-27-18-22(9-12-26(27)35-20-21-7-10-24(29)11-8-21)17-23(19-30)28(33)32-15-13-31(14-16-32)25-5-3-2-4-6-25/h2-12,17-18H,13-16,20H2,1H3/b23-17-. The number of nitriles is 1. The number of benzene rings is 3. The zero-order valence-electron chi connectivity index (χ0n) is 19.5. The van der Waals surface area contributed by atoms with E-state index in [4.69, 9.17) is 21.1 Å². The van der Waals surface area contributed by atoms with Crippen LogP contribution in [0.5, 0.6) is 11.5 Å². The first kappa shape index (κ1) is 24.2. The SMILES string of the molecule is COc1cc(/C=C(/C#N)C(=O)N2CCN(c3ccccc3)CC2)ccc1OCc1ccc(Cl)cc1. The van der Waals surface area contributed by atoms with Crippen molar-refractivity contribution < 1.29 is 14.3 Å². The van der Waals surface area contributed by atoms with Gasteiger partial charge in [-0.15, -0.1) is 0 Å². The van der Waals surface area contributed by atoms with Crippen molar-refractivity contribution in [3.63, 3.8) is 0 Å². The van der Waals surface area contributed by atoms with E-state index in [0.29, 0.717) is 41.8 Å². The van der Waals surface area contributed by atoms with Gasteiger partial charge in [0.05, 0.1) is 7.11 Å². The van der Waals surface area contributed by atoms with Gasteiger partial charge in [0.2, 0.25) is 0 Å². The maximum absolute atomic E-state index is 13.0. The number of carbonyl (C=O) groups is 1. The van der Waals surface area contributed by atoms with Crippen LogP contribution in [-0.2, 0) is 11.4 Å². The minimum Gasteiger partial charge on any atom is -0.493 e. The van der Waals surface area contributed by atoms with E-state index in [9.17, 15) is 10.1 Å². The molecule has 1 saturated heterocycles. The van der Waals surface area contributed by atoms with Crippen LogP contribution >= 0.6 is 11.6 Å². The van der Waals surface area contributed by atoms with Gasteiger partial charge in [0.15, 0.2) is 11.5 Å². The Hall–Kier alpha value is -3.95. The highest BCUT2D eigenvalue weighted by Crippen LogP contribution is 2.30. The number of ether oxygens (including phenoxy) is 2. The van der Waals surface area contributed by atoms with Crippen LogP contribution in [0, 0.1) is 11.3 Å². The number of carbonyl (C=O) groups excluding carboxylic acids is 1. The first-order valence-corrected chi connectivity index (χ1v) is 11.7. The van der Waals surface area contributed by atoms with Crippen LogP contribution in [0.2, 0.25) is 5.02 Å². The van der Waals surface area contributed by atoms with Crippen molar-refractivity contribution in [1.29, 1.82) is 5.26 Å². The summed E-state index contributed by atoms with van der Waals surface area (Å²) in [4.78, 5) is 17.0. The molecule has 0 aromatic heterocycles. The van der Waals surface area contributed by atoms with Gasteiger partial charge in [-0.3, -0.25) is 4.79 Å². The summed E-state index contributed by atoms with van der Waals surface area (Å²) in [6.45, 7) is 2.94. The molecule has 7 heteroatoms. The molecule has 0 aliphatic carbocycles. The number of rotatable bonds is 7. The Morgan fingerprint density at radius 1 is 1.00 bits per heavy atom. The average Bonchev–Trinajstić information content (AvgIpc) is 2.92. The predicted octanol–water partition coefficient (Wildman–Crippen LogP) is 5.18. The quantitative estimate of drug-likeness (QED) is 0.339. The largest absolute Gasteiger partial charge is 0.493 e. The summed E-state index contributed by atoms with van der Waals surface area (Å²) < 4.78 is 11.4. The van der Waals surface area contributed by atoms with E-state index in [2.05, 4.69) is 23.1 Å². The number of methoxy groups -OCH3 is 1. The molecular weight excluding hydrogens is 462 g/mol. The van der Waals surface area contributed by atoms with Gasteiger partial charge in [-0.05, 0) is 53.6 Å². The molecule has 0 unspecified atom stereocenters. The summed E-state index contributed by atoms with van der Waals surface area (Å²) in [5.41, 5.74) is 2.90. The molecule has 1 aliphatic heterocycles. The summed E-state index contributed by atoms with van der Waals surface area (Å²) in [6.07, 6.45) is 1.59. The molecule has 0 bridgehead atoms. The minimum absolute atomic E-state index is 0.0926. The van der Waals surface area contributed by atoms with Gasteiger partial charge in [-0.25, -0.2) is 0 Å². The maximum Gasteiger partial charge on any atom is 0.264 e. The number of piperazine rings is 1. The molecule has 1 fully saturated rings. The summed E-state index contributed by atoms with van der Waals surface area (Å²) >= 11 is 5.93. The molecule has 1 heterocycles. The maximum atomic E-state index is 13.0. The molecule has 0 atom stereocenters. The Bertz CT molecular complexity index is 1230. The van der Waals surface area contributed by atoms with E-state index < -0.39 is 0 Å². The minimum atomic E-state index is -0.262. The van der Waals surface area contributed by atoms with Crippen molar-refractivity contribution in [1.82, 2.24) is 4.90 Å². The number of amides is 1. The monoisotopic (exact) mass is 487 g/mol. The average molecular weight is 488 g/mol. The molecule has 3 aromatic rings. The molecule has 178 valence electrons. The normalized spacial score (nSPS) is 13.8. The van der Waals surface area contributed by atoms with Crippen LogP contribution in [-0.4, -0.2) is 44.1 Å². The van der Waals surface area contributed by atoms with Crippen LogP contribution in [0.25, 0.3) is 6.08 Å². The van der Waals surface area contributed by atoms with Crippen molar-refractivity contribution in [3.8, 4) is 17.6 Å². The summed E-state index contributed by atoms with van der Waals surface area (Å²) in [5, 5.41) is 10.4. The summed E-state index contributed by atoms with van der Waals surface area (Å²) in [6, 6.07) is 25.0. The van der Waals surface area contributed by atoms with Gasteiger partial charge in [0.1, 0.15) is 18.2 Å². The third-order valence-electron chi connectivity index (χ3n) is 5.85. The Balaban J connectivity index is 1.42. The number of nitrogens with zero attached hydrogens (tertiary/aromatic N) is 3. The van der Waals surface area contributed by atoms with Gasteiger partial charge >= 0.3 is 0 Å². The van der Waals surface area contributed by atoms with E-state index in [-0.39, 0.29) is 11.5 Å².